The number of amides is 1. The fraction of sp³-hybridized carbons (Fsp3) is 0.562. The van der Waals surface area contributed by atoms with Gasteiger partial charge in [-0.05, 0) is 6.07 Å². The number of nitrogens with zero attached hydrogens (tertiary/aromatic N) is 2. The first-order valence-corrected chi connectivity index (χ1v) is 9.74. The third-order valence-electron chi connectivity index (χ3n) is 3.78. The van der Waals surface area contributed by atoms with Crippen molar-refractivity contribution in [3.05, 3.63) is 17.5 Å². The van der Waals surface area contributed by atoms with E-state index >= 15 is 0 Å². The number of ether oxygens (including phenoxy) is 4. The van der Waals surface area contributed by atoms with Crippen molar-refractivity contribution in [3.63, 3.8) is 0 Å². The van der Waals surface area contributed by atoms with Gasteiger partial charge in [0.2, 0.25) is 0 Å². The molecule has 0 bridgehead atoms. The van der Waals surface area contributed by atoms with Crippen molar-refractivity contribution in [2.75, 3.05) is 6.61 Å². The molecule has 0 radical (unpaired) electrons. The highest BCUT2D eigenvalue weighted by Gasteiger charge is 2.51. The van der Waals surface area contributed by atoms with Gasteiger partial charge in [-0.25, -0.2) is 4.68 Å². The van der Waals surface area contributed by atoms with Crippen molar-refractivity contribution in [2.45, 2.75) is 49.7 Å². The molecule has 0 saturated carbocycles. The number of primary amides is 1. The van der Waals surface area contributed by atoms with Gasteiger partial charge >= 0.3 is 17.9 Å². The molecule has 1 aliphatic heterocycles. The maximum absolute atomic E-state index is 11.6. The first-order valence-electron chi connectivity index (χ1n) is 8.21. The molecule has 2 N–H and O–H groups in total. The summed E-state index contributed by atoms with van der Waals surface area (Å²) >= 11 is 2.06. The number of aromatic nitrogens is 2. The Balaban J connectivity index is 2.45. The molecule has 0 unspecified atom stereocenters. The second kappa shape index (κ2) is 9.32. The second-order valence-corrected chi connectivity index (χ2v) is 6.74. The highest BCUT2D eigenvalue weighted by atomic mass is 127. The van der Waals surface area contributed by atoms with Crippen LogP contribution >= 0.6 is 22.6 Å². The predicted molar refractivity (Wildman–Crippen MR) is 100 cm³/mol. The van der Waals surface area contributed by atoms with E-state index in [0.717, 1.165) is 0 Å². The van der Waals surface area contributed by atoms with Crippen LogP contribution in [-0.4, -0.2) is 58.5 Å². The van der Waals surface area contributed by atoms with E-state index in [1.165, 1.54) is 31.5 Å². The summed E-state index contributed by atoms with van der Waals surface area (Å²) in [6.45, 7) is 3.37. The van der Waals surface area contributed by atoms with Crippen LogP contribution in [0.3, 0.4) is 0 Å². The highest BCUT2D eigenvalue weighted by molar-refractivity contribution is 14.1. The minimum atomic E-state index is -1.08. The zero-order valence-electron chi connectivity index (χ0n) is 15.4. The molecular formula is C16H20IN3O8. The van der Waals surface area contributed by atoms with Crippen LogP contribution in [0, 0.1) is 0 Å². The molecule has 1 aliphatic rings. The van der Waals surface area contributed by atoms with Crippen molar-refractivity contribution >= 4 is 46.4 Å². The van der Waals surface area contributed by atoms with E-state index in [9.17, 15) is 19.2 Å². The smallest absolute Gasteiger partial charge is 0.303 e. The van der Waals surface area contributed by atoms with E-state index in [1.807, 2.05) is 0 Å². The summed E-state index contributed by atoms with van der Waals surface area (Å²) in [7, 11) is 0. The molecule has 4 atom stereocenters. The third-order valence-corrected chi connectivity index (χ3v) is 4.57. The summed E-state index contributed by atoms with van der Waals surface area (Å²) in [6, 6.07) is 1.49. The van der Waals surface area contributed by atoms with Crippen molar-refractivity contribution in [3.8, 4) is 0 Å². The van der Waals surface area contributed by atoms with Crippen LogP contribution in [0.2, 0.25) is 0 Å². The number of halogens is 1. The molecule has 11 nitrogen and oxygen atoms in total. The van der Waals surface area contributed by atoms with Crippen LogP contribution in [0.4, 0.5) is 0 Å². The van der Waals surface area contributed by atoms with Crippen LogP contribution in [0.15, 0.2) is 6.07 Å². The van der Waals surface area contributed by atoms with Gasteiger partial charge in [-0.3, -0.25) is 19.2 Å². The lowest BCUT2D eigenvalue weighted by Gasteiger charge is -2.23. The lowest BCUT2D eigenvalue weighted by Crippen LogP contribution is -2.40. The largest absolute Gasteiger partial charge is 0.463 e. The van der Waals surface area contributed by atoms with Gasteiger partial charge in [0.05, 0.1) is 5.69 Å². The van der Waals surface area contributed by atoms with E-state index in [2.05, 4.69) is 27.7 Å². The molecule has 0 spiro atoms. The molecule has 1 fully saturated rings. The Labute approximate surface area is 173 Å². The normalized spacial score (nSPS) is 23.9. The van der Waals surface area contributed by atoms with Crippen molar-refractivity contribution in [1.29, 1.82) is 0 Å². The number of hydrogen-bond acceptors (Lipinski definition) is 9. The lowest BCUT2D eigenvalue weighted by molar-refractivity contribution is -0.166. The second-order valence-electron chi connectivity index (χ2n) is 5.98. The van der Waals surface area contributed by atoms with Crippen molar-refractivity contribution in [2.24, 2.45) is 5.73 Å². The van der Waals surface area contributed by atoms with Gasteiger partial charge in [0.15, 0.2) is 18.4 Å². The summed E-state index contributed by atoms with van der Waals surface area (Å²) in [5.74, 6) is -2.56. The third kappa shape index (κ3) is 5.19. The number of alkyl halides is 1. The van der Waals surface area contributed by atoms with Crippen LogP contribution in [0.5, 0.6) is 0 Å². The van der Waals surface area contributed by atoms with E-state index in [0.29, 0.717) is 10.1 Å². The number of nitrogens with two attached hydrogens (primary N) is 1. The molecular weight excluding hydrogens is 489 g/mol. The fourth-order valence-electron chi connectivity index (χ4n) is 2.76. The monoisotopic (exact) mass is 509 g/mol. The van der Waals surface area contributed by atoms with Gasteiger partial charge < -0.3 is 24.7 Å². The summed E-state index contributed by atoms with van der Waals surface area (Å²) in [5, 5.41) is 4.14. The average molecular weight is 509 g/mol. The lowest BCUT2D eigenvalue weighted by atomic mass is 10.1. The topological polar surface area (TPSA) is 149 Å². The highest BCUT2D eigenvalue weighted by Crippen LogP contribution is 2.35. The maximum atomic E-state index is 11.6. The molecule has 2 heterocycles. The Morgan fingerprint density at radius 1 is 1.14 bits per heavy atom. The van der Waals surface area contributed by atoms with E-state index in [-0.39, 0.29) is 12.3 Å². The Kier molecular flexibility index (Phi) is 7.35. The first-order chi connectivity index (χ1) is 13.1. The van der Waals surface area contributed by atoms with Crippen LogP contribution < -0.4 is 5.73 Å². The zero-order valence-corrected chi connectivity index (χ0v) is 17.6. The Hall–Kier alpha value is -2.22. The summed E-state index contributed by atoms with van der Waals surface area (Å²) in [5.41, 5.74) is 5.88. The number of carbonyl (C=O) groups excluding carboxylic acids is 4. The molecule has 154 valence electrons. The average Bonchev–Trinajstić information content (AvgIpc) is 3.14. The molecule has 28 heavy (non-hydrogen) atoms. The summed E-state index contributed by atoms with van der Waals surface area (Å²) in [6.07, 6.45) is -4.06. The van der Waals surface area contributed by atoms with Crippen molar-refractivity contribution < 1.29 is 38.1 Å². The molecule has 0 aromatic carbocycles. The molecule has 12 heteroatoms. The van der Waals surface area contributed by atoms with E-state index in [1.54, 1.807) is 0 Å². The molecule has 1 aromatic heterocycles. The number of carbonyl (C=O) groups is 4. The fourth-order valence-corrected chi connectivity index (χ4v) is 3.33. The van der Waals surface area contributed by atoms with Gasteiger partial charge in [0.25, 0.3) is 5.91 Å². The van der Waals surface area contributed by atoms with Gasteiger partial charge in [-0.15, -0.1) is 0 Å². The van der Waals surface area contributed by atoms with Crippen LogP contribution in [0.1, 0.15) is 43.2 Å². The minimum absolute atomic E-state index is 0.00399. The summed E-state index contributed by atoms with van der Waals surface area (Å²) in [4.78, 5) is 45.9. The van der Waals surface area contributed by atoms with Crippen molar-refractivity contribution in [1.82, 2.24) is 9.78 Å². The van der Waals surface area contributed by atoms with Gasteiger partial charge in [-0.1, -0.05) is 22.6 Å². The van der Waals surface area contributed by atoms with Gasteiger partial charge in [0.1, 0.15) is 18.4 Å². The summed E-state index contributed by atoms with van der Waals surface area (Å²) < 4.78 is 23.3. The SMILES string of the molecule is CC(=O)OC[C@H]1O[C@@H](n2nc(C(N)=O)cc2CI)[C@H](OC(C)=O)[C@@H]1OC(C)=O. The number of hydrogen-bond donors (Lipinski definition) is 1. The van der Waals surface area contributed by atoms with Crippen LogP contribution in [0.25, 0.3) is 0 Å². The Morgan fingerprint density at radius 2 is 1.75 bits per heavy atom. The minimum Gasteiger partial charge on any atom is -0.463 e. The standard InChI is InChI=1S/C16H20IN3O8/c1-7(21)25-6-12-13(26-8(2)22)14(27-9(3)23)16(28-12)20-10(5-17)4-11(19-20)15(18)24/h4,12-14,16H,5-6H2,1-3H3,(H2,18,24)/t12-,13-,14-,16-/m1/s1. The predicted octanol–water partition coefficient (Wildman–Crippen LogP) is 0.241. The number of rotatable bonds is 7. The first kappa shape index (κ1) is 22.1. The van der Waals surface area contributed by atoms with E-state index < -0.39 is 48.4 Å². The molecule has 0 aliphatic carbocycles. The zero-order chi connectivity index (χ0) is 21.0. The molecule has 1 amide bonds. The molecule has 1 aromatic rings. The quantitative estimate of drug-likeness (QED) is 0.236. The Morgan fingerprint density at radius 3 is 2.25 bits per heavy atom. The molecule has 2 rings (SSSR count). The maximum Gasteiger partial charge on any atom is 0.303 e. The van der Waals surface area contributed by atoms with Gasteiger partial charge in [-0.2, -0.15) is 5.10 Å². The van der Waals surface area contributed by atoms with E-state index in [4.69, 9.17) is 24.7 Å². The molecule has 1 saturated heterocycles. The number of esters is 3. The Bertz CT molecular complexity index is 780. The van der Waals surface area contributed by atoms with Crippen LogP contribution in [-0.2, 0) is 37.8 Å². The van der Waals surface area contributed by atoms with Gasteiger partial charge in [0, 0.05) is 25.2 Å².